The molecule has 8 heteroatoms. The summed E-state index contributed by atoms with van der Waals surface area (Å²) in [6.07, 6.45) is 1.39. The van der Waals surface area contributed by atoms with Crippen molar-refractivity contribution in [2.75, 3.05) is 11.5 Å². The first kappa shape index (κ1) is 19.1. The normalized spacial score (nSPS) is 15.9. The Bertz CT molecular complexity index is 974. The van der Waals surface area contributed by atoms with Crippen LogP contribution in [0.4, 0.5) is 10.5 Å². The average Bonchev–Trinajstić information content (AvgIpc) is 2.61. The maximum absolute atomic E-state index is 12.8. The molecule has 3 rings (SSSR count). The summed E-state index contributed by atoms with van der Waals surface area (Å²) in [5, 5.41) is 2.54. The first-order chi connectivity index (χ1) is 12.9. The van der Waals surface area contributed by atoms with Gasteiger partial charge in [-0.3, -0.25) is 14.9 Å². The first-order valence-electron chi connectivity index (χ1n) is 8.00. The quantitative estimate of drug-likeness (QED) is 0.561. The molecule has 0 spiro atoms. The third-order valence-electron chi connectivity index (χ3n) is 3.73. The summed E-state index contributed by atoms with van der Waals surface area (Å²) in [7, 11) is 0. The van der Waals surface area contributed by atoms with Crippen LogP contribution in [0.1, 0.15) is 12.5 Å². The zero-order chi connectivity index (χ0) is 19.6. The van der Waals surface area contributed by atoms with E-state index < -0.39 is 17.8 Å². The number of nitrogens with one attached hydrogen (secondary N) is 1. The van der Waals surface area contributed by atoms with Gasteiger partial charge in [0.2, 0.25) is 0 Å². The number of hydrogen-bond acceptors (Lipinski definition) is 4. The molecule has 4 amide bonds. The second-order valence-electron chi connectivity index (χ2n) is 5.56. The van der Waals surface area contributed by atoms with E-state index in [9.17, 15) is 14.4 Å². The molecule has 0 aliphatic carbocycles. The van der Waals surface area contributed by atoms with Gasteiger partial charge in [-0.15, -0.1) is 0 Å². The number of ether oxygens (including phenoxy) is 1. The van der Waals surface area contributed by atoms with Crippen LogP contribution in [0.25, 0.3) is 6.08 Å². The number of barbiturate groups is 1. The minimum atomic E-state index is -0.801. The zero-order valence-electron chi connectivity index (χ0n) is 14.2. The lowest BCUT2D eigenvalue weighted by atomic mass is 10.1. The monoisotopic (exact) mass is 448 g/mol. The molecule has 138 valence electrons. The van der Waals surface area contributed by atoms with Crippen molar-refractivity contribution in [3.05, 3.63) is 63.1 Å². The first-order valence-corrected chi connectivity index (χ1v) is 9.17. The zero-order valence-corrected chi connectivity index (χ0v) is 16.5. The molecule has 2 aromatic carbocycles. The number of anilines is 1. The third-order valence-corrected chi connectivity index (χ3v) is 4.52. The molecule has 0 radical (unpaired) electrons. The van der Waals surface area contributed by atoms with Crippen molar-refractivity contribution < 1.29 is 19.1 Å². The Balaban J connectivity index is 1.98. The minimum absolute atomic E-state index is 0.171. The number of amides is 4. The van der Waals surface area contributed by atoms with Crippen LogP contribution in [-0.2, 0) is 9.59 Å². The van der Waals surface area contributed by atoms with E-state index in [4.69, 9.17) is 16.3 Å². The predicted octanol–water partition coefficient (Wildman–Crippen LogP) is 4.17. The van der Waals surface area contributed by atoms with Crippen LogP contribution in [0.15, 0.2) is 52.5 Å². The SMILES string of the molecule is CCOc1ccc(/C=C2\C(=O)NC(=O)N(c3cccc(Br)c3)C2=O)cc1Cl. The lowest BCUT2D eigenvalue weighted by Gasteiger charge is -2.26. The topological polar surface area (TPSA) is 75.7 Å². The van der Waals surface area contributed by atoms with Crippen LogP contribution in [0.2, 0.25) is 5.02 Å². The molecule has 6 nitrogen and oxygen atoms in total. The Morgan fingerprint density at radius 3 is 2.63 bits per heavy atom. The van der Waals surface area contributed by atoms with E-state index in [1.54, 1.807) is 42.5 Å². The highest BCUT2D eigenvalue weighted by molar-refractivity contribution is 9.10. The molecular formula is C19H14BrClN2O4. The van der Waals surface area contributed by atoms with Gasteiger partial charge in [0, 0.05) is 4.47 Å². The van der Waals surface area contributed by atoms with Crippen LogP contribution < -0.4 is 15.0 Å². The molecule has 27 heavy (non-hydrogen) atoms. The molecule has 0 aromatic heterocycles. The van der Waals surface area contributed by atoms with Crippen molar-refractivity contribution in [3.63, 3.8) is 0 Å². The fourth-order valence-electron chi connectivity index (χ4n) is 2.55. The highest BCUT2D eigenvalue weighted by Gasteiger charge is 2.36. The van der Waals surface area contributed by atoms with Crippen LogP contribution in [0.3, 0.4) is 0 Å². The lowest BCUT2D eigenvalue weighted by Crippen LogP contribution is -2.54. The molecule has 0 saturated carbocycles. The van der Waals surface area contributed by atoms with Crippen molar-refractivity contribution in [2.45, 2.75) is 6.92 Å². The van der Waals surface area contributed by atoms with E-state index in [2.05, 4.69) is 21.2 Å². The Morgan fingerprint density at radius 1 is 1.19 bits per heavy atom. The third kappa shape index (κ3) is 4.04. The van der Waals surface area contributed by atoms with Crippen LogP contribution in [0.5, 0.6) is 5.75 Å². The van der Waals surface area contributed by atoms with Crippen LogP contribution in [0, 0.1) is 0 Å². The van der Waals surface area contributed by atoms with Crippen molar-refractivity contribution in [1.82, 2.24) is 5.32 Å². The van der Waals surface area contributed by atoms with Gasteiger partial charge in [-0.1, -0.05) is 39.7 Å². The predicted molar refractivity (Wildman–Crippen MR) is 106 cm³/mol. The highest BCUT2D eigenvalue weighted by Crippen LogP contribution is 2.28. The molecule has 1 aliphatic heterocycles. The van der Waals surface area contributed by atoms with Crippen molar-refractivity contribution in [3.8, 4) is 5.75 Å². The van der Waals surface area contributed by atoms with E-state index in [0.29, 0.717) is 33.1 Å². The second-order valence-corrected chi connectivity index (χ2v) is 6.88. The molecule has 2 aromatic rings. The van der Waals surface area contributed by atoms with Gasteiger partial charge in [-0.2, -0.15) is 0 Å². The summed E-state index contributed by atoms with van der Waals surface area (Å²) < 4.78 is 6.06. The number of carbonyl (C=O) groups excluding carboxylic acids is 3. The summed E-state index contributed by atoms with van der Waals surface area (Å²) >= 11 is 9.45. The van der Waals surface area contributed by atoms with E-state index in [1.165, 1.54) is 6.08 Å². The number of benzene rings is 2. The summed E-state index contributed by atoms with van der Waals surface area (Å²) in [5.74, 6) is -0.972. The lowest BCUT2D eigenvalue weighted by molar-refractivity contribution is -0.122. The number of urea groups is 1. The van der Waals surface area contributed by atoms with Gasteiger partial charge in [0.1, 0.15) is 11.3 Å². The van der Waals surface area contributed by atoms with E-state index in [1.807, 2.05) is 6.92 Å². The average molecular weight is 450 g/mol. The maximum Gasteiger partial charge on any atom is 0.335 e. The number of rotatable bonds is 4. The van der Waals surface area contributed by atoms with Gasteiger partial charge < -0.3 is 4.74 Å². The smallest absolute Gasteiger partial charge is 0.335 e. The fraction of sp³-hybridized carbons (Fsp3) is 0.105. The molecule has 1 N–H and O–H groups in total. The molecule has 1 heterocycles. The Kier molecular flexibility index (Phi) is 5.62. The standard InChI is InChI=1S/C19H14BrClN2O4/c1-2-27-16-7-6-11(9-15(16)21)8-14-17(24)22-19(26)23(18(14)25)13-5-3-4-12(20)10-13/h3-10H,2H2,1H3,(H,22,24,26)/b14-8+. The molecule has 0 atom stereocenters. The van der Waals surface area contributed by atoms with E-state index in [-0.39, 0.29) is 5.57 Å². The number of imide groups is 2. The number of nitrogens with zero attached hydrogens (tertiary/aromatic N) is 1. The second kappa shape index (κ2) is 7.94. The van der Waals surface area contributed by atoms with Gasteiger partial charge >= 0.3 is 6.03 Å². The summed E-state index contributed by atoms with van der Waals surface area (Å²) in [6.45, 7) is 2.30. The summed E-state index contributed by atoms with van der Waals surface area (Å²) in [6, 6.07) is 10.8. The van der Waals surface area contributed by atoms with Crippen molar-refractivity contribution >= 4 is 57.1 Å². The Morgan fingerprint density at radius 2 is 1.96 bits per heavy atom. The van der Waals surface area contributed by atoms with E-state index in [0.717, 1.165) is 4.90 Å². The van der Waals surface area contributed by atoms with Gasteiger partial charge in [0.15, 0.2) is 0 Å². The molecule has 1 aliphatic rings. The molecule has 0 bridgehead atoms. The van der Waals surface area contributed by atoms with Crippen molar-refractivity contribution in [1.29, 1.82) is 0 Å². The van der Waals surface area contributed by atoms with E-state index >= 15 is 0 Å². The summed E-state index contributed by atoms with van der Waals surface area (Å²) in [5.41, 5.74) is 0.704. The molecule has 1 fully saturated rings. The minimum Gasteiger partial charge on any atom is -0.492 e. The van der Waals surface area contributed by atoms with Gasteiger partial charge in [-0.25, -0.2) is 9.69 Å². The Hall–Kier alpha value is -2.64. The summed E-state index contributed by atoms with van der Waals surface area (Å²) in [4.78, 5) is 38.1. The molecule has 0 unspecified atom stereocenters. The van der Waals surface area contributed by atoms with Crippen LogP contribution >= 0.6 is 27.5 Å². The number of carbonyl (C=O) groups is 3. The maximum atomic E-state index is 12.8. The van der Waals surface area contributed by atoms with Crippen LogP contribution in [-0.4, -0.2) is 24.5 Å². The fourth-order valence-corrected chi connectivity index (χ4v) is 3.18. The largest absolute Gasteiger partial charge is 0.492 e. The van der Waals surface area contributed by atoms with Gasteiger partial charge in [0.05, 0.1) is 17.3 Å². The molecular weight excluding hydrogens is 436 g/mol. The number of halogens is 2. The highest BCUT2D eigenvalue weighted by atomic mass is 79.9. The Labute approximate surface area is 168 Å². The van der Waals surface area contributed by atoms with Gasteiger partial charge in [-0.05, 0) is 48.9 Å². The molecule has 1 saturated heterocycles. The number of hydrogen-bond donors (Lipinski definition) is 1. The van der Waals surface area contributed by atoms with Crippen molar-refractivity contribution in [2.24, 2.45) is 0 Å². The van der Waals surface area contributed by atoms with Gasteiger partial charge in [0.25, 0.3) is 11.8 Å².